The highest BCUT2D eigenvalue weighted by molar-refractivity contribution is 5.66. The lowest BCUT2D eigenvalue weighted by Gasteiger charge is -2.06. The van der Waals surface area contributed by atoms with Crippen LogP contribution in [0.1, 0.15) is 38.0 Å². The minimum absolute atomic E-state index is 0.179. The summed E-state index contributed by atoms with van der Waals surface area (Å²) in [5.74, 6) is 2.52. The molecule has 4 rings (SSSR count). The van der Waals surface area contributed by atoms with Crippen molar-refractivity contribution in [3.05, 3.63) is 60.7 Å². The summed E-state index contributed by atoms with van der Waals surface area (Å²) in [6.07, 6.45) is 8.44. The van der Waals surface area contributed by atoms with E-state index in [1.807, 2.05) is 44.0 Å². The van der Waals surface area contributed by atoms with Gasteiger partial charge in [-0.25, -0.2) is 19.9 Å². The van der Waals surface area contributed by atoms with Crippen molar-refractivity contribution in [2.24, 2.45) is 0 Å². The molecule has 0 saturated heterocycles. The average Bonchev–Trinajstić information content (AvgIpc) is 3.49. The number of aromatic amines is 2. The molecule has 160 valence electrons. The van der Waals surface area contributed by atoms with E-state index in [4.69, 9.17) is 0 Å². The van der Waals surface area contributed by atoms with Crippen molar-refractivity contribution in [1.29, 1.82) is 0 Å². The van der Waals surface area contributed by atoms with Gasteiger partial charge in [-0.05, 0) is 32.5 Å². The molecular formula is C23H28N8. The lowest BCUT2D eigenvalue weighted by atomic mass is 10.1. The lowest BCUT2D eigenvalue weighted by molar-refractivity contribution is 0.618. The van der Waals surface area contributed by atoms with Gasteiger partial charge in [-0.2, -0.15) is 0 Å². The fourth-order valence-corrected chi connectivity index (χ4v) is 3.24. The molecule has 0 fully saturated rings. The van der Waals surface area contributed by atoms with E-state index in [0.29, 0.717) is 5.82 Å². The maximum atomic E-state index is 4.55. The molecule has 3 aromatic heterocycles. The van der Waals surface area contributed by atoms with Crippen molar-refractivity contribution in [2.45, 2.75) is 32.9 Å². The Morgan fingerprint density at radius 2 is 1.52 bits per heavy atom. The molecule has 0 bridgehead atoms. The van der Waals surface area contributed by atoms with E-state index in [1.165, 1.54) is 0 Å². The van der Waals surface area contributed by atoms with Crippen molar-refractivity contribution in [2.75, 3.05) is 13.6 Å². The highest BCUT2D eigenvalue weighted by atomic mass is 15.0. The van der Waals surface area contributed by atoms with Crippen LogP contribution in [0, 0.1) is 0 Å². The molecule has 1 aromatic carbocycles. The molecule has 8 nitrogen and oxygen atoms in total. The average molecular weight is 417 g/mol. The van der Waals surface area contributed by atoms with Gasteiger partial charge in [0.25, 0.3) is 0 Å². The topological polar surface area (TPSA) is 107 Å². The van der Waals surface area contributed by atoms with Crippen molar-refractivity contribution in [1.82, 2.24) is 40.5 Å². The Labute approximate surface area is 182 Å². The molecule has 0 unspecified atom stereocenters. The molecule has 0 aliphatic carbocycles. The van der Waals surface area contributed by atoms with Crippen LogP contribution in [-0.2, 0) is 6.54 Å². The number of imidazole rings is 2. The van der Waals surface area contributed by atoms with Gasteiger partial charge in [0.1, 0.15) is 11.6 Å². The summed E-state index contributed by atoms with van der Waals surface area (Å²) >= 11 is 0. The second-order valence-electron chi connectivity index (χ2n) is 7.49. The molecular weight excluding hydrogens is 388 g/mol. The number of nitrogens with one attached hydrogen (secondary N) is 4. The first-order valence-electron chi connectivity index (χ1n) is 10.6. The van der Waals surface area contributed by atoms with E-state index in [2.05, 4.69) is 66.5 Å². The first-order valence-corrected chi connectivity index (χ1v) is 10.6. The Hall–Kier alpha value is -3.36. The highest BCUT2D eigenvalue weighted by Crippen LogP contribution is 2.24. The lowest BCUT2D eigenvalue weighted by Crippen LogP contribution is -2.14. The number of H-pyrrole nitrogens is 2. The third-order valence-electron chi connectivity index (χ3n) is 5.20. The first-order chi connectivity index (χ1) is 15.2. The summed E-state index contributed by atoms with van der Waals surface area (Å²) < 4.78 is 0. The van der Waals surface area contributed by atoms with E-state index in [9.17, 15) is 0 Å². The van der Waals surface area contributed by atoms with Gasteiger partial charge in [-0.15, -0.1) is 0 Å². The molecule has 1 atom stereocenters. The molecule has 8 heteroatoms. The zero-order valence-electron chi connectivity index (χ0n) is 18.1. The SMILES string of the molecule is CCCNCc1ncc(-c2cnc(-c3ccc(-c4cnc([C@H](C)NC)[nH]4)cc3)nc2)[nH]1. The number of benzene rings is 1. The van der Waals surface area contributed by atoms with Crippen LogP contribution in [0.25, 0.3) is 33.9 Å². The van der Waals surface area contributed by atoms with Crippen LogP contribution >= 0.6 is 0 Å². The van der Waals surface area contributed by atoms with Gasteiger partial charge in [-0.3, -0.25) is 0 Å². The summed E-state index contributed by atoms with van der Waals surface area (Å²) in [6, 6.07) is 8.34. The Balaban J connectivity index is 1.45. The maximum absolute atomic E-state index is 4.55. The van der Waals surface area contributed by atoms with Crippen molar-refractivity contribution in [3.8, 4) is 33.9 Å². The van der Waals surface area contributed by atoms with Gasteiger partial charge in [0.05, 0.1) is 36.4 Å². The van der Waals surface area contributed by atoms with Gasteiger partial charge in [0.15, 0.2) is 5.82 Å². The van der Waals surface area contributed by atoms with Gasteiger partial charge in [0, 0.05) is 23.5 Å². The van der Waals surface area contributed by atoms with E-state index in [1.54, 1.807) is 0 Å². The highest BCUT2D eigenvalue weighted by Gasteiger charge is 2.10. The normalized spacial score (nSPS) is 12.2. The Morgan fingerprint density at radius 1 is 0.839 bits per heavy atom. The Kier molecular flexibility index (Phi) is 6.49. The molecule has 0 aliphatic rings. The number of rotatable bonds is 9. The van der Waals surface area contributed by atoms with E-state index >= 15 is 0 Å². The summed E-state index contributed by atoms with van der Waals surface area (Å²) in [4.78, 5) is 24.6. The molecule has 0 aliphatic heterocycles. The van der Waals surface area contributed by atoms with E-state index < -0.39 is 0 Å². The van der Waals surface area contributed by atoms with Gasteiger partial charge in [-0.1, -0.05) is 31.2 Å². The summed E-state index contributed by atoms with van der Waals surface area (Å²) in [5.41, 5.74) is 4.86. The molecule has 3 heterocycles. The van der Waals surface area contributed by atoms with Crippen LogP contribution < -0.4 is 10.6 Å². The quantitative estimate of drug-likeness (QED) is 0.310. The second-order valence-corrected chi connectivity index (χ2v) is 7.49. The first kappa shape index (κ1) is 20.9. The summed E-state index contributed by atoms with van der Waals surface area (Å²) in [5, 5.41) is 6.52. The number of hydrogen-bond donors (Lipinski definition) is 4. The third-order valence-corrected chi connectivity index (χ3v) is 5.20. The third kappa shape index (κ3) is 4.87. The standard InChI is InChI=1S/C23H28N8/c1-4-9-25-14-21-26-12-20(30-21)18-10-27-23(28-11-18)17-7-5-16(6-8-17)19-13-29-22(31-19)15(2)24-3/h5-8,10-13,15,24-25H,4,9,14H2,1-3H3,(H,26,30)(H,29,31)/t15-/m0/s1. The van der Waals surface area contributed by atoms with Crippen molar-refractivity contribution >= 4 is 0 Å². The minimum Gasteiger partial charge on any atom is -0.341 e. The molecule has 31 heavy (non-hydrogen) atoms. The maximum Gasteiger partial charge on any atom is 0.159 e. The zero-order chi connectivity index (χ0) is 21.6. The smallest absolute Gasteiger partial charge is 0.159 e. The Morgan fingerprint density at radius 3 is 2.23 bits per heavy atom. The van der Waals surface area contributed by atoms with Crippen LogP contribution in [0.3, 0.4) is 0 Å². The van der Waals surface area contributed by atoms with Crippen LogP contribution in [0.2, 0.25) is 0 Å². The van der Waals surface area contributed by atoms with Crippen molar-refractivity contribution in [3.63, 3.8) is 0 Å². The monoisotopic (exact) mass is 416 g/mol. The predicted octanol–water partition coefficient (Wildman–Crippen LogP) is 3.70. The molecule has 4 N–H and O–H groups in total. The minimum atomic E-state index is 0.179. The van der Waals surface area contributed by atoms with E-state index in [0.717, 1.165) is 59.2 Å². The number of aromatic nitrogens is 6. The summed E-state index contributed by atoms with van der Waals surface area (Å²) in [7, 11) is 1.92. The number of nitrogens with zero attached hydrogens (tertiary/aromatic N) is 4. The van der Waals surface area contributed by atoms with Gasteiger partial charge < -0.3 is 20.6 Å². The van der Waals surface area contributed by atoms with Gasteiger partial charge >= 0.3 is 0 Å². The van der Waals surface area contributed by atoms with Crippen LogP contribution in [-0.4, -0.2) is 43.5 Å². The molecule has 0 spiro atoms. The van der Waals surface area contributed by atoms with Crippen LogP contribution in [0.15, 0.2) is 49.1 Å². The fraction of sp³-hybridized carbons (Fsp3) is 0.304. The Bertz CT molecular complexity index is 1100. The van der Waals surface area contributed by atoms with Gasteiger partial charge in [0.2, 0.25) is 0 Å². The van der Waals surface area contributed by atoms with E-state index in [-0.39, 0.29) is 6.04 Å². The fourth-order valence-electron chi connectivity index (χ4n) is 3.24. The molecule has 0 saturated carbocycles. The van der Waals surface area contributed by atoms with Crippen LogP contribution in [0.4, 0.5) is 0 Å². The predicted molar refractivity (Wildman–Crippen MR) is 122 cm³/mol. The van der Waals surface area contributed by atoms with Crippen LogP contribution in [0.5, 0.6) is 0 Å². The second kappa shape index (κ2) is 9.63. The molecule has 0 radical (unpaired) electrons. The van der Waals surface area contributed by atoms with Crippen molar-refractivity contribution < 1.29 is 0 Å². The largest absolute Gasteiger partial charge is 0.341 e. The molecule has 4 aromatic rings. The summed E-state index contributed by atoms with van der Waals surface area (Å²) in [6.45, 7) is 5.92. The zero-order valence-corrected chi connectivity index (χ0v) is 18.1. The number of hydrogen-bond acceptors (Lipinski definition) is 6. The molecule has 0 amide bonds.